The van der Waals surface area contributed by atoms with Gasteiger partial charge < -0.3 is 10.6 Å². The van der Waals surface area contributed by atoms with Crippen molar-refractivity contribution in [2.75, 3.05) is 0 Å². The minimum atomic E-state index is -0.595. The topological polar surface area (TPSA) is 41.1 Å². The number of carbonyl (C=O) groups excluding carboxylic acids is 1. The average Bonchev–Trinajstić information content (AvgIpc) is 3.26. The molecule has 1 amide bonds. The van der Waals surface area contributed by atoms with Gasteiger partial charge in [-0.15, -0.1) is 11.3 Å². The number of hydrogen-bond donors (Lipinski definition) is 2. The van der Waals surface area contributed by atoms with E-state index in [2.05, 4.69) is 10.6 Å². The van der Waals surface area contributed by atoms with Crippen molar-refractivity contribution in [2.45, 2.75) is 46.5 Å². The van der Waals surface area contributed by atoms with Gasteiger partial charge >= 0.3 is 0 Å². The van der Waals surface area contributed by atoms with Crippen LogP contribution in [0.25, 0.3) is 0 Å². The molecule has 2 fully saturated rings. The Kier molecular flexibility index (Phi) is 4.32. The van der Waals surface area contributed by atoms with E-state index >= 15 is 0 Å². The van der Waals surface area contributed by atoms with Gasteiger partial charge in [-0.1, -0.05) is 11.8 Å². The summed E-state index contributed by atoms with van der Waals surface area (Å²) in [7, 11) is 0. The van der Waals surface area contributed by atoms with Crippen molar-refractivity contribution in [1.82, 2.24) is 10.6 Å². The molecule has 3 atom stereocenters. The molecule has 0 aliphatic carbocycles. The summed E-state index contributed by atoms with van der Waals surface area (Å²) in [6.45, 7) is 0. The van der Waals surface area contributed by atoms with E-state index in [-0.39, 0.29) is 11.9 Å². The first kappa shape index (κ1) is 16.1. The van der Waals surface area contributed by atoms with E-state index in [1.54, 1.807) is 12.1 Å². The van der Waals surface area contributed by atoms with Crippen molar-refractivity contribution < 1.29 is 13.6 Å². The Labute approximate surface area is 146 Å². The third-order valence-electron chi connectivity index (χ3n) is 4.53. The highest BCUT2D eigenvalue weighted by Crippen LogP contribution is 2.35. The first-order valence-corrected chi connectivity index (χ1v) is 9.51. The Bertz CT molecular complexity index is 780. The Morgan fingerprint density at radius 2 is 2.12 bits per heavy atom. The van der Waals surface area contributed by atoms with Crippen molar-refractivity contribution in [1.29, 1.82) is 0 Å². The largest absolute Gasteiger partial charge is 0.347 e. The predicted octanol–water partition coefficient (Wildman–Crippen LogP) is 3.80. The molecule has 4 rings (SSSR count). The van der Waals surface area contributed by atoms with Gasteiger partial charge in [-0.25, -0.2) is 8.78 Å². The van der Waals surface area contributed by atoms with Gasteiger partial charge in [-0.3, -0.25) is 4.79 Å². The second kappa shape index (κ2) is 6.46. The molecule has 2 saturated heterocycles. The normalized spacial score (nSPS) is 25.2. The number of rotatable bonds is 4. The number of amides is 1. The van der Waals surface area contributed by atoms with Crippen LogP contribution in [-0.2, 0) is 0 Å². The Hall–Kier alpha value is -1.44. The van der Waals surface area contributed by atoms with Crippen LogP contribution in [0.2, 0.25) is 0 Å². The second-order valence-corrected chi connectivity index (χ2v) is 8.58. The molecule has 2 aliphatic heterocycles. The van der Waals surface area contributed by atoms with Crippen LogP contribution >= 0.6 is 23.1 Å². The number of hydrogen-bond acceptors (Lipinski definition) is 4. The maximum atomic E-state index is 13.7. The molecule has 2 N–H and O–H groups in total. The van der Waals surface area contributed by atoms with Crippen LogP contribution in [-0.4, -0.2) is 24.0 Å². The molecule has 2 aromatic rings. The van der Waals surface area contributed by atoms with Crippen molar-refractivity contribution in [2.24, 2.45) is 0 Å². The molecule has 1 aromatic heterocycles. The molecule has 0 radical (unpaired) electrons. The van der Waals surface area contributed by atoms with Crippen molar-refractivity contribution in [3.05, 3.63) is 46.8 Å². The van der Waals surface area contributed by atoms with Crippen LogP contribution in [0.3, 0.4) is 0 Å². The lowest BCUT2D eigenvalue weighted by atomic mass is 9.95. The summed E-state index contributed by atoms with van der Waals surface area (Å²) in [6, 6.07) is 8.19. The molecular formula is C17H16F2N2OS2. The maximum Gasteiger partial charge on any atom is 0.261 e. The fourth-order valence-electron chi connectivity index (χ4n) is 3.39. The molecule has 0 saturated carbocycles. The standard InChI is InChI=1S/C17H16F2N2OS2/c18-9-1-4-14(11(19)7-9)23-16-6-5-15(24-16)17(22)21-13-8-10-2-3-12(13)20-10/h1,4-7,10,12-13,20H,2-3,8H2,(H,21,22). The highest BCUT2D eigenvalue weighted by atomic mass is 32.2. The van der Waals surface area contributed by atoms with Crippen molar-refractivity contribution in [3.63, 3.8) is 0 Å². The number of fused-ring (bicyclic) bond motifs is 2. The summed E-state index contributed by atoms with van der Waals surface area (Å²) in [4.78, 5) is 13.4. The number of thiophene rings is 1. The molecule has 3 heterocycles. The van der Waals surface area contributed by atoms with Gasteiger partial charge in [0.15, 0.2) is 0 Å². The second-order valence-electron chi connectivity index (χ2n) is 6.16. The molecule has 2 aliphatic rings. The van der Waals surface area contributed by atoms with E-state index in [0.29, 0.717) is 21.9 Å². The summed E-state index contributed by atoms with van der Waals surface area (Å²) in [5.74, 6) is -1.26. The summed E-state index contributed by atoms with van der Waals surface area (Å²) >= 11 is 2.52. The lowest BCUT2D eigenvalue weighted by Crippen LogP contribution is -2.42. The molecule has 3 nitrogen and oxygen atoms in total. The minimum absolute atomic E-state index is 0.0780. The molecule has 0 spiro atoms. The van der Waals surface area contributed by atoms with Crippen LogP contribution in [0.1, 0.15) is 28.9 Å². The Morgan fingerprint density at radius 1 is 1.25 bits per heavy atom. The predicted molar refractivity (Wildman–Crippen MR) is 90.6 cm³/mol. The molecule has 1 aromatic carbocycles. The molecular weight excluding hydrogens is 350 g/mol. The molecule has 2 bridgehead atoms. The van der Waals surface area contributed by atoms with Gasteiger partial charge in [0.2, 0.25) is 0 Å². The number of halogens is 2. The van der Waals surface area contributed by atoms with Crippen LogP contribution in [0.5, 0.6) is 0 Å². The fourth-order valence-corrected chi connectivity index (χ4v) is 5.38. The van der Waals surface area contributed by atoms with E-state index in [1.807, 2.05) is 0 Å². The van der Waals surface area contributed by atoms with E-state index in [9.17, 15) is 13.6 Å². The van der Waals surface area contributed by atoms with Gasteiger partial charge in [0.05, 0.1) is 9.09 Å². The third kappa shape index (κ3) is 3.20. The van der Waals surface area contributed by atoms with Crippen molar-refractivity contribution in [3.8, 4) is 0 Å². The lowest BCUT2D eigenvalue weighted by molar-refractivity contribution is 0.0935. The molecule has 24 heavy (non-hydrogen) atoms. The first-order chi connectivity index (χ1) is 11.6. The van der Waals surface area contributed by atoms with E-state index in [4.69, 9.17) is 0 Å². The van der Waals surface area contributed by atoms with Crippen molar-refractivity contribution >= 4 is 29.0 Å². The smallest absolute Gasteiger partial charge is 0.261 e. The van der Waals surface area contributed by atoms with E-state index in [0.717, 1.165) is 23.1 Å². The summed E-state index contributed by atoms with van der Waals surface area (Å²) < 4.78 is 27.5. The maximum absolute atomic E-state index is 13.7. The first-order valence-electron chi connectivity index (χ1n) is 7.88. The zero-order valence-electron chi connectivity index (χ0n) is 12.7. The fraction of sp³-hybridized carbons (Fsp3) is 0.353. The van der Waals surface area contributed by atoms with Crippen LogP contribution in [0, 0.1) is 11.6 Å². The summed E-state index contributed by atoms with van der Waals surface area (Å²) in [5.41, 5.74) is 0. The molecule has 7 heteroatoms. The number of benzene rings is 1. The quantitative estimate of drug-likeness (QED) is 0.865. The molecule has 126 valence electrons. The van der Waals surface area contributed by atoms with Gasteiger partial charge in [-0.05, 0) is 43.5 Å². The SMILES string of the molecule is O=C(NC1CC2CCC1N2)c1ccc(Sc2ccc(F)cc2F)s1. The monoisotopic (exact) mass is 366 g/mol. The van der Waals surface area contributed by atoms with E-state index in [1.165, 1.54) is 41.7 Å². The average molecular weight is 366 g/mol. The van der Waals surface area contributed by atoms with Gasteiger partial charge in [-0.2, -0.15) is 0 Å². The zero-order chi connectivity index (χ0) is 16.7. The highest BCUT2D eigenvalue weighted by molar-refractivity contribution is 8.01. The van der Waals surface area contributed by atoms with Gasteiger partial charge in [0.25, 0.3) is 5.91 Å². The highest BCUT2D eigenvalue weighted by Gasteiger charge is 2.39. The zero-order valence-corrected chi connectivity index (χ0v) is 14.4. The number of nitrogens with one attached hydrogen (secondary N) is 2. The van der Waals surface area contributed by atoms with Gasteiger partial charge in [0, 0.05) is 29.1 Å². The Balaban J connectivity index is 1.41. The van der Waals surface area contributed by atoms with E-state index < -0.39 is 11.6 Å². The van der Waals surface area contributed by atoms with Crippen LogP contribution < -0.4 is 10.6 Å². The van der Waals surface area contributed by atoms with Gasteiger partial charge in [0.1, 0.15) is 11.6 Å². The van der Waals surface area contributed by atoms with Crippen LogP contribution in [0.4, 0.5) is 8.78 Å². The Morgan fingerprint density at radius 3 is 2.83 bits per heavy atom. The third-order valence-corrected chi connectivity index (χ3v) is 6.79. The van der Waals surface area contributed by atoms with Crippen LogP contribution in [0.15, 0.2) is 39.4 Å². The number of carbonyl (C=O) groups is 1. The summed E-state index contributed by atoms with van der Waals surface area (Å²) in [5, 5.41) is 6.59. The summed E-state index contributed by atoms with van der Waals surface area (Å²) in [6.07, 6.45) is 3.30. The molecule has 3 unspecified atom stereocenters. The minimum Gasteiger partial charge on any atom is -0.347 e. The lowest BCUT2D eigenvalue weighted by Gasteiger charge is -2.20.